The molecule has 3 fully saturated rings. The third kappa shape index (κ3) is 3.08. The second kappa shape index (κ2) is 7.09. The number of amides is 2. The third-order valence-corrected chi connectivity index (χ3v) is 9.00. The summed E-state index contributed by atoms with van der Waals surface area (Å²) in [5, 5.41) is 0. The van der Waals surface area contributed by atoms with Crippen molar-refractivity contribution in [3.8, 4) is 0 Å². The Labute approximate surface area is 172 Å². The number of fused-ring (bicyclic) bond motifs is 2. The lowest BCUT2D eigenvalue weighted by atomic mass is 9.75. The zero-order valence-electron chi connectivity index (χ0n) is 17.3. The number of sulfonamides is 1. The average molecular weight is 420 g/mol. The lowest BCUT2D eigenvalue weighted by Gasteiger charge is -2.47. The Morgan fingerprint density at radius 2 is 1.90 bits per heavy atom. The number of aryl methyl sites for hydroxylation is 1. The van der Waals surface area contributed by atoms with Crippen molar-refractivity contribution < 1.29 is 18.0 Å². The van der Waals surface area contributed by atoms with Crippen LogP contribution in [0.2, 0.25) is 0 Å². The van der Waals surface area contributed by atoms with E-state index in [1.807, 2.05) is 24.8 Å². The highest BCUT2D eigenvalue weighted by Gasteiger charge is 2.61. The molecular weight excluding hydrogens is 390 g/mol. The predicted octanol–water partition coefficient (Wildman–Crippen LogP) is 1.47. The Balaban J connectivity index is 1.58. The molecule has 0 radical (unpaired) electrons. The minimum absolute atomic E-state index is 0.00450. The van der Waals surface area contributed by atoms with Gasteiger partial charge in [-0.3, -0.25) is 9.59 Å². The number of benzene rings is 1. The van der Waals surface area contributed by atoms with Crippen molar-refractivity contribution in [2.24, 2.45) is 11.8 Å². The molecule has 0 N–H and O–H groups in total. The maximum atomic E-state index is 13.1. The Morgan fingerprint density at radius 3 is 2.48 bits per heavy atom. The molecule has 8 heteroatoms. The zero-order chi connectivity index (χ0) is 21.0. The topological polar surface area (TPSA) is 78.0 Å². The van der Waals surface area contributed by atoms with E-state index < -0.39 is 10.0 Å². The Kier molecular flexibility index (Phi) is 4.98. The second-order valence-corrected chi connectivity index (χ2v) is 10.5. The first kappa shape index (κ1) is 20.3. The lowest BCUT2D eigenvalue weighted by molar-refractivity contribution is -0.136. The largest absolute Gasteiger partial charge is 0.342 e. The molecule has 4 rings (SSSR count). The molecule has 158 valence electrons. The van der Waals surface area contributed by atoms with Gasteiger partial charge in [0.25, 0.3) is 0 Å². The summed E-state index contributed by atoms with van der Waals surface area (Å²) in [6.07, 6.45) is 1.23. The summed E-state index contributed by atoms with van der Waals surface area (Å²) in [6, 6.07) is 6.99. The van der Waals surface area contributed by atoms with Crippen molar-refractivity contribution in [3.05, 3.63) is 29.8 Å². The number of hydrogen-bond donors (Lipinski definition) is 0. The fourth-order valence-electron chi connectivity index (χ4n) is 5.63. The number of rotatable bonds is 3. The summed E-state index contributed by atoms with van der Waals surface area (Å²) >= 11 is 0. The first-order valence-electron chi connectivity index (χ1n) is 10.3. The molecule has 0 unspecified atom stereocenters. The molecule has 0 saturated carbocycles. The van der Waals surface area contributed by atoms with Crippen LogP contribution in [0.15, 0.2) is 29.2 Å². The van der Waals surface area contributed by atoms with E-state index in [1.165, 1.54) is 0 Å². The van der Waals surface area contributed by atoms with Crippen molar-refractivity contribution >= 4 is 21.8 Å². The van der Waals surface area contributed by atoms with Gasteiger partial charge in [-0.15, -0.1) is 0 Å². The maximum Gasteiger partial charge on any atom is 0.243 e. The molecule has 0 aliphatic carbocycles. The minimum Gasteiger partial charge on any atom is -0.342 e. The highest BCUT2D eigenvalue weighted by Crippen LogP contribution is 2.50. The molecular formula is C21H29N3O4S. The fraction of sp³-hybridized carbons (Fsp3) is 0.619. The van der Waals surface area contributed by atoms with Crippen LogP contribution in [-0.2, 0) is 19.6 Å². The van der Waals surface area contributed by atoms with Gasteiger partial charge in [-0.05, 0) is 44.4 Å². The van der Waals surface area contributed by atoms with Crippen molar-refractivity contribution in [1.82, 2.24) is 14.1 Å². The standard InChI is InChI=1S/C21H29N3O4S/c1-4-24-20(26)18-13-22(16(3)25)14-19(18)21(24)8-10-23(11-9-21)29(27,28)17-7-5-6-15(2)12-17/h5-7,12,18-19H,4,8-11,13-14H2,1-3H3/t18-,19+/m0/s1. The van der Waals surface area contributed by atoms with Gasteiger partial charge in [0.1, 0.15) is 0 Å². The highest BCUT2D eigenvalue weighted by atomic mass is 32.2. The van der Waals surface area contributed by atoms with Crippen molar-refractivity contribution in [2.75, 3.05) is 32.7 Å². The summed E-state index contributed by atoms with van der Waals surface area (Å²) in [7, 11) is -3.55. The van der Waals surface area contributed by atoms with Crippen LogP contribution >= 0.6 is 0 Å². The van der Waals surface area contributed by atoms with Crippen LogP contribution in [0, 0.1) is 18.8 Å². The number of hydrogen-bond acceptors (Lipinski definition) is 4. The highest BCUT2D eigenvalue weighted by molar-refractivity contribution is 7.89. The van der Waals surface area contributed by atoms with Gasteiger partial charge < -0.3 is 9.80 Å². The van der Waals surface area contributed by atoms with Crippen molar-refractivity contribution in [3.63, 3.8) is 0 Å². The van der Waals surface area contributed by atoms with E-state index in [9.17, 15) is 18.0 Å². The molecule has 29 heavy (non-hydrogen) atoms. The van der Waals surface area contributed by atoms with Crippen LogP contribution in [0.25, 0.3) is 0 Å². The van der Waals surface area contributed by atoms with Gasteiger partial charge in [0.05, 0.1) is 16.4 Å². The monoisotopic (exact) mass is 419 g/mol. The predicted molar refractivity (Wildman–Crippen MR) is 109 cm³/mol. The molecule has 3 aliphatic rings. The summed E-state index contributed by atoms with van der Waals surface area (Å²) in [5.74, 6) is 0.0579. The fourth-order valence-corrected chi connectivity index (χ4v) is 7.17. The Bertz CT molecular complexity index is 937. The molecule has 3 heterocycles. The van der Waals surface area contributed by atoms with Gasteiger partial charge in [0.15, 0.2) is 0 Å². The first-order chi connectivity index (χ1) is 13.7. The van der Waals surface area contributed by atoms with E-state index in [0.717, 1.165) is 5.56 Å². The number of carbonyl (C=O) groups excluding carboxylic acids is 2. The Morgan fingerprint density at radius 1 is 1.21 bits per heavy atom. The normalized spacial score (nSPS) is 26.9. The van der Waals surface area contributed by atoms with E-state index in [2.05, 4.69) is 0 Å². The van der Waals surface area contributed by atoms with Crippen LogP contribution in [0.5, 0.6) is 0 Å². The number of likely N-dealkylation sites (tertiary alicyclic amines) is 2. The summed E-state index contributed by atoms with van der Waals surface area (Å²) in [5.41, 5.74) is 0.565. The summed E-state index contributed by atoms with van der Waals surface area (Å²) in [6.45, 7) is 7.90. The van der Waals surface area contributed by atoms with Crippen LogP contribution in [0.4, 0.5) is 0 Å². The zero-order valence-corrected chi connectivity index (χ0v) is 18.1. The molecule has 3 aliphatic heterocycles. The molecule has 2 amide bonds. The van der Waals surface area contributed by atoms with Gasteiger partial charge in [0.2, 0.25) is 21.8 Å². The lowest BCUT2D eigenvalue weighted by Crippen LogP contribution is -2.57. The molecule has 0 aromatic heterocycles. The first-order valence-corrected chi connectivity index (χ1v) is 11.8. The summed E-state index contributed by atoms with van der Waals surface area (Å²) in [4.78, 5) is 29.0. The van der Waals surface area contributed by atoms with Gasteiger partial charge >= 0.3 is 0 Å². The van der Waals surface area contributed by atoms with Crippen molar-refractivity contribution in [1.29, 1.82) is 0 Å². The molecule has 1 aromatic rings. The van der Waals surface area contributed by atoms with E-state index >= 15 is 0 Å². The van der Waals surface area contributed by atoms with E-state index in [0.29, 0.717) is 50.5 Å². The van der Waals surface area contributed by atoms with Crippen LogP contribution in [-0.4, -0.2) is 72.6 Å². The quantitative estimate of drug-likeness (QED) is 0.743. The molecule has 1 aromatic carbocycles. The van der Waals surface area contributed by atoms with Crippen LogP contribution < -0.4 is 0 Å². The van der Waals surface area contributed by atoms with Crippen LogP contribution in [0.3, 0.4) is 0 Å². The van der Waals surface area contributed by atoms with E-state index in [4.69, 9.17) is 0 Å². The molecule has 7 nitrogen and oxygen atoms in total. The van der Waals surface area contributed by atoms with E-state index in [-0.39, 0.29) is 29.2 Å². The molecule has 3 saturated heterocycles. The van der Waals surface area contributed by atoms with Crippen LogP contribution in [0.1, 0.15) is 32.3 Å². The maximum absolute atomic E-state index is 13.1. The van der Waals surface area contributed by atoms with E-state index in [1.54, 1.807) is 34.3 Å². The third-order valence-electron chi connectivity index (χ3n) is 7.11. The molecule has 2 atom stereocenters. The number of nitrogens with zero attached hydrogens (tertiary/aromatic N) is 3. The summed E-state index contributed by atoms with van der Waals surface area (Å²) < 4.78 is 27.8. The van der Waals surface area contributed by atoms with Crippen molar-refractivity contribution in [2.45, 2.75) is 44.0 Å². The smallest absolute Gasteiger partial charge is 0.243 e. The second-order valence-electron chi connectivity index (χ2n) is 8.54. The average Bonchev–Trinajstić information content (AvgIpc) is 3.22. The van der Waals surface area contributed by atoms with Gasteiger partial charge in [-0.1, -0.05) is 12.1 Å². The number of piperidine rings is 1. The van der Waals surface area contributed by atoms with Gasteiger partial charge in [-0.2, -0.15) is 4.31 Å². The minimum atomic E-state index is -3.55. The van der Waals surface area contributed by atoms with Gasteiger partial charge in [-0.25, -0.2) is 8.42 Å². The van der Waals surface area contributed by atoms with Gasteiger partial charge in [0, 0.05) is 45.6 Å². The number of carbonyl (C=O) groups is 2. The SMILES string of the molecule is CCN1C(=O)[C@H]2CN(C(C)=O)C[C@H]2C12CCN(S(=O)(=O)c1cccc(C)c1)CC2. The Hall–Kier alpha value is -1.93. The molecule has 1 spiro atoms. The molecule has 0 bridgehead atoms.